The molecule has 0 spiro atoms. The summed E-state index contributed by atoms with van der Waals surface area (Å²) in [5, 5.41) is 29.8. The van der Waals surface area contributed by atoms with Gasteiger partial charge in [0.05, 0.1) is 79.1 Å². The van der Waals surface area contributed by atoms with E-state index in [9.17, 15) is 9.90 Å². The van der Waals surface area contributed by atoms with Crippen molar-refractivity contribution in [1.82, 2.24) is 49.1 Å². The Labute approximate surface area is 444 Å². The molecule has 1 N–H and O–H groups in total. The van der Waals surface area contributed by atoms with Crippen LogP contribution in [-0.2, 0) is 29.2 Å². The molecule has 1 saturated carbocycles. The molecule has 2 saturated heterocycles. The van der Waals surface area contributed by atoms with Gasteiger partial charge in [-0.25, -0.2) is 18.1 Å². The summed E-state index contributed by atoms with van der Waals surface area (Å²) in [5.41, 5.74) is 11.7. The van der Waals surface area contributed by atoms with Crippen LogP contribution in [0.4, 0.5) is 8.78 Å². The number of fused-ring (bicyclic) bond motifs is 6. The summed E-state index contributed by atoms with van der Waals surface area (Å²) in [5.74, 6) is -0.533. The standard InChI is InChI=1S/C32H34FN5O2.C29H28FN5O2/c1-19-30(37(3)36-35-19)22-15-28-29(34-18-22)24-16-26(33)25(32(2,39)23-9-10-23)17-27(24)38(28)31(20-7-5-4-6-8-20)21-11-13-40-14-12-21;1-17-28(34(3)33-32-17)21-13-26-27(31-16-21)23-14-24(30)22(18(2)36)15-25(23)35(26)29(19-7-5-4-6-8-19)20-9-11-37-12-10-20/h4-8,15-18,21,23,31,39H,9-14H2,1-3H3;4-8,13-16,20,29H,9-12H2,1-3H3/t31-,32?;29-/m11/s1. The Morgan fingerprint density at radius 3 is 1.48 bits per heavy atom. The minimum absolute atomic E-state index is 0.0166. The zero-order valence-electron chi connectivity index (χ0n) is 44.3. The van der Waals surface area contributed by atoms with Gasteiger partial charge in [-0.1, -0.05) is 71.1 Å². The summed E-state index contributed by atoms with van der Waals surface area (Å²) in [7, 11) is 3.74. The van der Waals surface area contributed by atoms with Gasteiger partial charge in [0, 0.05) is 80.4 Å². The van der Waals surface area contributed by atoms with Gasteiger partial charge in [-0.15, -0.1) is 10.2 Å². The van der Waals surface area contributed by atoms with Crippen LogP contribution in [0.2, 0.25) is 0 Å². The molecule has 394 valence electrons. The fourth-order valence-corrected chi connectivity index (χ4v) is 12.6. The first-order chi connectivity index (χ1) is 37.3. The summed E-state index contributed by atoms with van der Waals surface area (Å²) >= 11 is 0. The van der Waals surface area contributed by atoms with Gasteiger partial charge in [0.15, 0.2) is 5.78 Å². The van der Waals surface area contributed by atoms with E-state index < -0.39 is 11.4 Å². The van der Waals surface area contributed by atoms with Gasteiger partial charge in [0.1, 0.15) is 11.6 Å². The molecule has 8 heterocycles. The third kappa shape index (κ3) is 8.99. The predicted octanol–water partition coefficient (Wildman–Crippen LogP) is 11.7. The molecule has 6 aromatic heterocycles. The van der Waals surface area contributed by atoms with Gasteiger partial charge in [0.2, 0.25) is 0 Å². The number of Topliss-reactive ketones (excluding diaryl/α,β-unsaturated/α-hetero) is 1. The van der Waals surface area contributed by atoms with Crippen molar-refractivity contribution in [2.24, 2.45) is 31.8 Å². The molecule has 3 atom stereocenters. The van der Waals surface area contributed by atoms with Crippen LogP contribution in [0.1, 0.15) is 103 Å². The van der Waals surface area contributed by atoms with Crippen LogP contribution >= 0.6 is 0 Å². The molecular weight excluding hydrogens is 975 g/mol. The van der Waals surface area contributed by atoms with Crippen molar-refractivity contribution in [1.29, 1.82) is 0 Å². The van der Waals surface area contributed by atoms with Crippen LogP contribution < -0.4 is 0 Å². The van der Waals surface area contributed by atoms with Crippen LogP contribution in [0, 0.1) is 43.2 Å². The first-order valence-electron chi connectivity index (χ1n) is 26.8. The molecule has 77 heavy (non-hydrogen) atoms. The van der Waals surface area contributed by atoms with Crippen molar-refractivity contribution in [2.75, 3.05) is 26.4 Å². The number of rotatable bonds is 11. The molecule has 0 bridgehead atoms. The molecule has 1 aliphatic carbocycles. The van der Waals surface area contributed by atoms with Crippen molar-refractivity contribution in [3.8, 4) is 22.5 Å². The maximum atomic E-state index is 15.8. The Kier molecular flexibility index (Phi) is 13.1. The number of ether oxygens (including phenoxy) is 2. The smallest absolute Gasteiger partial charge is 0.162 e. The highest BCUT2D eigenvalue weighted by Crippen LogP contribution is 2.49. The Balaban J connectivity index is 0.000000155. The number of aliphatic hydroxyl groups is 1. The number of pyridine rings is 2. The number of hydrogen-bond donors (Lipinski definition) is 1. The summed E-state index contributed by atoms with van der Waals surface area (Å²) in [6.45, 7) is 9.84. The Hall–Kier alpha value is -7.53. The number of ketones is 1. The lowest BCUT2D eigenvalue weighted by Crippen LogP contribution is -2.27. The third-order valence-corrected chi connectivity index (χ3v) is 16.6. The van der Waals surface area contributed by atoms with Crippen molar-refractivity contribution in [2.45, 2.75) is 83.9 Å². The number of halogens is 2. The number of carbonyl (C=O) groups excluding carboxylic acids is 1. The fourth-order valence-electron chi connectivity index (χ4n) is 12.6. The van der Waals surface area contributed by atoms with Gasteiger partial charge in [-0.2, -0.15) is 0 Å². The Bertz CT molecular complexity index is 3810. The molecule has 16 heteroatoms. The van der Waals surface area contributed by atoms with Crippen molar-refractivity contribution >= 4 is 49.7 Å². The van der Waals surface area contributed by atoms with E-state index in [4.69, 9.17) is 19.4 Å². The number of carbonyl (C=O) groups is 1. The van der Waals surface area contributed by atoms with Gasteiger partial charge in [-0.05, 0) is 131 Å². The Morgan fingerprint density at radius 1 is 0.623 bits per heavy atom. The first kappa shape index (κ1) is 50.3. The number of nitrogens with zero attached hydrogens (tertiary/aromatic N) is 10. The van der Waals surface area contributed by atoms with Crippen LogP contribution in [-0.4, -0.2) is 86.4 Å². The molecule has 4 aromatic carbocycles. The number of hydrogen-bond acceptors (Lipinski definition) is 10. The van der Waals surface area contributed by atoms with Crippen molar-refractivity contribution in [3.63, 3.8) is 0 Å². The molecular formula is C61H62F2N10O4. The van der Waals surface area contributed by atoms with E-state index in [-0.39, 0.29) is 35.2 Å². The number of aromatic nitrogens is 10. The van der Waals surface area contributed by atoms with Gasteiger partial charge >= 0.3 is 0 Å². The molecule has 0 amide bonds. The van der Waals surface area contributed by atoms with Crippen LogP contribution in [0.25, 0.3) is 66.4 Å². The third-order valence-electron chi connectivity index (χ3n) is 16.6. The van der Waals surface area contributed by atoms with E-state index in [1.807, 2.05) is 64.5 Å². The van der Waals surface area contributed by atoms with Crippen molar-refractivity contribution in [3.05, 3.63) is 155 Å². The second-order valence-corrected chi connectivity index (χ2v) is 21.5. The number of aryl methyl sites for hydroxylation is 4. The summed E-state index contributed by atoms with van der Waals surface area (Å²) < 4.78 is 50.5. The fraction of sp³-hybridized carbons (Fsp3) is 0.361. The molecule has 3 fully saturated rings. The second kappa shape index (κ2) is 20.1. The number of benzene rings is 4. The van der Waals surface area contributed by atoms with Crippen molar-refractivity contribution < 1.29 is 28.2 Å². The zero-order valence-corrected chi connectivity index (χ0v) is 44.3. The highest BCUT2D eigenvalue weighted by Gasteiger charge is 2.43. The van der Waals surface area contributed by atoms with E-state index in [1.165, 1.54) is 18.6 Å². The topological polar surface area (TPSA) is 153 Å². The quantitative estimate of drug-likeness (QED) is 0.124. The highest BCUT2D eigenvalue weighted by molar-refractivity contribution is 6.10. The van der Waals surface area contributed by atoms with Gasteiger partial charge in [-0.3, -0.25) is 14.8 Å². The highest BCUT2D eigenvalue weighted by atomic mass is 19.1. The first-order valence-corrected chi connectivity index (χ1v) is 26.8. The molecule has 10 aromatic rings. The summed E-state index contributed by atoms with van der Waals surface area (Å²) in [4.78, 5) is 22.1. The van der Waals surface area contributed by atoms with Gasteiger partial charge < -0.3 is 23.7 Å². The lowest BCUT2D eigenvalue weighted by atomic mass is 9.86. The SMILES string of the molecule is CC(=O)c1cc2c(cc1F)c1ncc(-c3c(C)nnn3C)cc1n2[C@H](c1ccccc1)C1CCOCC1.Cc1nnn(C)c1-c1cnc2c3cc(F)c(C(C)(O)C4CC4)cc3n([C@H](c3ccccc3)C3CCOCC3)c2c1. The van der Waals surface area contributed by atoms with Gasteiger partial charge in [0.25, 0.3) is 0 Å². The van der Waals surface area contributed by atoms with E-state index in [2.05, 4.69) is 78.3 Å². The van der Waals surface area contributed by atoms with Crippen LogP contribution in [0.5, 0.6) is 0 Å². The predicted molar refractivity (Wildman–Crippen MR) is 292 cm³/mol. The van der Waals surface area contributed by atoms with E-state index in [0.29, 0.717) is 54.7 Å². The van der Waals surface area contributed by atoms with E-state index in [1.54, 1.807) is 34.6 Å². The summed E-state index contributed by atoms with van der Waals surface area (Å²) in [6, 6.07) is 31.7. The monoisotopic (exact) mass is 1040 g/mol. The minimum atomic E-state index is -1.23. The maximum Gasteiger partial charge on any atom is 0.162 e. The Morgan fingerprint density at radius 2 is 1.06 bits per heavy atom. The van der Waals surface area contributed by atoms with Crippen LogP contribution in [0.15, 0.2) is 109 Å². The molecule has 1 unspecified atom stereocenters. The zero-order chi connectivity index (χ0) is 53.3. The lowest BCUT2D eigenvalue weighted by molar-refractivity contribution is 0.0296. The normalized spacial score (nSPS) is 17.2. The lowest BCUT2D eigenvalue weighted by Gasteiger charge is -2.33. The average Bonchev–Trinajstić information content (AvgIpc) is 4.24. The minimum Gasteiger partial charge on any atom is -0.385 e. The molecule has 14 nitrogen and oxygen atoms in total. The molecule has 2 aliphatic heterocycles. The molecule has 13 rings (SSSR count). The second-order valence-electron chi connectivity index (χ2n) is 21.5. The summed E-state index contributed by atoms with van der Waals surface area (Å²) in [6.07, 6.45) is 9.09. The van der Waals surface area contributed by atoms with E-state index >= 15 is 8.78 Å². The van der Waals surface area contributed by atoms with Crippen LogP contribution in [0.3, 0.4) is 0 Å². The molecule has 0 radical (unpaired) electrons. The molecule has 3 aliphatic rings. The maximum absolute atomic E-state index is 15.8. The largest absolute Gasteiger partial charge is 0.385 e. The van der Waals surface area contributed by atoms with E-state index in [0.717, 1.165) is 111 Å². The average molecular weight is 1040 g/mol.